The maximum absolute atomic E-state index is 2.28. The molecule has 0 aliphatic heterocycles. The van der Waals surface area contributed by atoms with Crippen molar-refractivity contribution in [2.24, 2.45) is 0 Å². The van der Waals surface area contributed by atoms with Crippen molar-refractivity contribution in [2.75, 3.05) is 0 Å². The molecule has 0 heterocycles. The van der Waals surface area contributed by atoms with E-state index < -0.39 is 0 Å². The Morgan fingerprint density at radius 2 is 1.93 bits per heavy atom. The van der Waals surface area contributed by atoms with Crippen LogP contribution in [0.25, 0.3) is 0 Å². The van der Waals surface area contributed by atoms with E-state index in [9.17, 15) is 0 Å². The number of rotatable bonds is 4. The lowest BCUT2D eigenvalue weighted by Crippen LogP contribution is -1.87. The van der Waals surface area contributed by atoms with Gasteiger partial charge in [-0.3, -0.25) is 0 Å². The van der Waals surface area contributed by atoms with Crippen LogP contribution in [0.15, 0.2) is 30.4 Å². The monoisotopic (exact) mass is 188 g/mol. The molecule has 1 rings (SSSR count). The summed E-state index contributed by atoms with van der Waals surface area (Å²) < 4.78 is 0. The average Bonchev–Trinajstić information content (AvgIpc) is 2.15. The van der Waals surface area contributed by atoms with Gasteiger partial charge in [0.1, 0.15) is 0 Å². The van der Waals surface area contributed by atoms with Crippen LogP contribution < -0.4 is 0 Å². The molecule has 0 saturated heterocycles. The third kappa shape index (κ3) is 3.37. The van der Waals surface area contributed by atoms with Crippen LogP contribution in [0.1, 0.15) is 36.5 Å². The summed E-state index contributed by atoms with van der Waals surface area (Å²) in [5, 5.41) is 0. The molecule has 0 unspecified atom stereocenters. The normalized spacial score (nSPS) is 11.1. The summed E-state index contributed by atoms with van der Waals surface area (Å²) in [5.41, 5.74) is 4.21. The predicted molar refractivity (Wildman–Crippen MR) is 63.7 cm³/mol. The van der Waals surface area contributed by atoms with Crippen molar-refractivity contribution in [3.63, 3.8) is 0 Å². The molecule has 0 aromatic heterocycles. The van der Waals surface area contributed by atoms with Gasteiger partial charge in [0.2, 0.25) is 0 Å². The molecule has 0 aliphatic rings. The first-order chi connectivity index (χ1) is 6.74. The molecule has 0 heteroatoms. The Morgan fingerprint density at radius 1 is 1.14 bits per heavy atom. The van der Waals surface area contributed by atoms with Crippen molar-refractivity contribution in [3.8, 4) is 0 Å². The van der Waals surface area contributed by atoms with Gasteiger partial charge in [0.15, 0.2) is 0 Å². The van der Waals surface area contributed by atoms with Gasteiger partial charge in [-0.2, -0.15) is 0 Å². The third-order valence-corrected chi connectivity index (χ3v) is 2.46. The molecular formula is C14H20. The second-order valence-corrected chi connectivity index (χ2v) is 3.89. The van der Waals surface area contributed by atoms with E-state index in [-0.39, 0.29) is 0 Å². The molecule has 76 valence electrons. The van der Waals surface area contributed by atoms with E-state index in [0.29, 0.717) is 0 Å². The molecule has 0 nitrogen and oxygen atoms in total. The zero-order valence-electron chi connectivity index (χ0n) is 9.51. The molecule has 0 bridgehead atoms. The summed E-state index contributed by atoms with van der Waals surface area (Å²) in [6.45, 7) is 6.54. The van der Waals surface area contributed by atoms with Crippen LogP contribution in [0, 0.1) is 13.8 Å². The van der Waals surface area contributed by atoms with Gasteiger partial charge >= 0.3 is 0 Å². The van der Waals surface area contributed by atoms with Crippen LogP contribution in [0.2, 0.25) is 0 Å². The van der Waals surface area contributed by atoms with Crippen molar-refractivity contribution in [1.29, 1.82) is 0 Å². The fourth-order valence-corrected chi connectivity index (χ4v) is 1.57. The van der Waals surface area contributed by atoms with Crippen LogP contribution >= 0.6 is 0 Å². The Bertz CT molecular complexity index is 308. The predicted octanol–water partition coefficient (Wildman–Crippen LogP) is 4.20. The highest BCUT2D eigenvalue weighted by Crippen LogP contribution is 2.11. The van der Waals surface area contributed by atoms with Gasteiger partial charge in [-0.05, 0) is 37.8 Å². The molecular weight excluding hydrogens is 168 g/mol. The molecule has 1 aromatic rings. The standard InChI is InChI=1S/C14H20/c1-4-5-6-7-8-14-10-9-12(2)11-13(14)3/h6-7,9-11H,4-5,8H2,1-3H3. The van der Waals surface area contributed by atoms with Crippen molar-refractivity contribution in [1.82, 2.24) is 0 Å². The Balaban J connectivity index is 2.59. The first kappa shape index (κ1) is 11.0. The van der Waals surface area contributed by atoms with Crippen molar-refractivity contribution < 1.29 is 0 Å². The molecule has 0 spiro atoms. The van der Waals surface area contributed by atoms with Gasteiger partial charge < -0.3 is 0 Å². The van der Waals surface area contributed by atoms with E-state index in [2.05, 4.69) is 51.1 Å². The Morgan fingerprint density at radius 3 is 2.57 bits per heavy atom. The Labute approximate surface area is 87.7 Å². The number of hydrogen-bond acceptors (Lipinski definition) is 0. The maximum atomic E-state index is 2.28. The lowest BCUT2D eigenvalue weighted by molar-refractivity contribution is 0.953. The molecule has 0 radical (unpaired) electrons. The fourth-order valence-electron chi connectivity index (χ4n) is 1.57. The van der Waals surface area contributed by atoms with Gasteiger partial charge in [0.05, 0.1) is 0 Å². The van der Waals surface area contributed by atoms with Gasteiger partial charge in [0.25, 0.3) is 0 Å². The lowest BCUT2D eigenvalue weighted by Gasteiger charge is -2.03. The summed E-state index contributed by atoms with van der Waals surface area (Å²) in [4.78, 5) is 0. The number of unbranched alkanes of at least 4 members (excludes halogenated alkanes) is 1. The largest absolute Gasteiger partial charge is 0.0882 e. The molecule has 0 N–H and O–H groups in total. The first-order valence-corrected chi connectivity index (χ1v) is 5.45. The smallest absolute Gasteiger partial charge is 0.00948 e. The third-order valence-electron chi connectivity index (χ3n) is 2.46. The van der Waals surface area contributed by atoms with Gasteiger partial charge in [-0.25, -0.2) is 0 Å². The SMILES string of the molecule is CCCC=CCc1ccc(C)cc1C. The number of allylic oxidation sites excluding steroid dienone is 2. The maximum Gasteiger partial charge on any atom is -0.00948 e. The zero-order chi connectivity index (χ0) is 10.4. The van der Waals surface area contributed by atoms with E-state index in [0.717, 1.165) is 6.42 Å². The quantitative estimate of drug-likeness (QED) is 0.621. The van der Waals surface area contributed by atoms with Crippen LogP contribution in [0.4, 0.5) is 0 Å². The highest BCUT2D eigenvalue weighted by Gasteiger charge is 1.95. The second-order valence-electron chi connectivity index (χ2n) is 3.89. The van der Waals surface area contributed by atoms with E-state index >= 15 is 0 Å². The second kappa shape index (κ2) is 5.64. The van der Waals surface area contributed by atoms with Crippen LogP contribution in [0.5, 0.6) is 0 Å². The fraction of sp³-hybridized carbons (Fsp3) is 0.429. The molecule has 0 amide bonds. The molecule has 0 saturated carbocycles. The molecule has 0 aliphatic carbocycles. The van der Waals surface area contributed by atoms with Crippen molar-refractivity contribution in [2.45, 2.75) is 40.0 Å². The van der Waals surface area contributed by atoms with Gasteiger partial charge in [-0.15, -0.1) is 0 Å². The highest BCUT2D eigenvalue weighted by atomic mass is 14.0. The minimum absolute atomic E-state index is 1.08. The summed E-state index contributed by atoms with van der Waals surface area (Å²) in [6.07, 6.45) is 8.07. The van der Waals surface area contributed by atoms with Crippen molar-refractivity contribution >= 4 is 0 Å². The molecule has 14 heavy (non-hydrogen) atoms. The van der Waals surface area contributed by atoms with Crippen LogP contribution in [-0.4, -0.2) is 0 Å². The van der Waals surface area contributed by atoms with E-state index in [1.54, 1.807) is 0 Å². The topological polar surface area (TPSA) is 0 Å². The minimum Gasteiger partial charge on any atom is -0.0882 e. The summed E-state index contributed by atoms with van der Waals surface area (Å²) in [7, 11) is 0. The molecule has 1 aromatic carbocycles. The summed E-state index contributed by atoms with van der Waals surface area (Å²) >= 11 is 0. The van der Waals surface area contributed by atoms with E-state index in [1.807, 2.05) is 0 Å². The minimum atomic E-state index is 1.08. The number of aryl methyl sites for hydroxylation is 2. The molecule has 0 atom stereocenters. The highest BCUT2D eigenvalue weighted by molar-refractivity contribution is 5.31. The van der Waals surface area contributed by atoms with Crippen molar-refractivity contribution in [3.05, 3.63) is 47.0 Å². The summed E-state index contributed by atoms with van der Waals surface area (Å²) in [5.74, 6) is 0. The van der Waals surface area contributed by atoms with Gasteiger partial charge in [0, 0.05) is 0 Å². The van der Waals surface area contributed by atoms with E-state index in [1.165, 1.54) is 29.5 Å². The number of benzene rings is 1. The van der Waals surface area contributed by atoms with Crippen LogP contribution in [0.3, 0.4) is 0 Å². The summed E-state index contributed by atoms with van der Waals surface area (Å²) in [6, 6.07) is 6.68. The zero-order valence-corrected chi connectivity index (χ0v) is 9.51. The molecule has 0 fully saturated rings. The Kier molecular flexibility index (Phi) is 4.45. The van der Waals surface area contributed by atoms with Gasteiger partial charge in [-0.1, -0.05) is 49.3 Å². The average molecular weight is 188 g/mol. The lowest BCUT2D eigenvalue weighted by atomic mass is 10.0. The van der Waals surface area contributed by atoms with Crippen LogP contribution in [-0.2, 0) is 6.42 Å². The van der Waals surface area contributed by atoms with E-state index in [4.69, 9.17) is 0 Å². The Hall–Kier alpha value is -1.04. The number of hydrogen-bond donors (Lipinski definition) is 0. The first-order valence-electron chi connectivity index (χ1n) is 5.45.